The van der Waals surface area contributed by atoms with E-state index < -0.39 is 48.2 Å². The lowest BCUT2D eigenvalue weighted by atomic mass is 10.1. The summed E-state index contributed by atoms with van der Waals surface area (Å²) in [6, 6.07) is 1.25. The lowest BCUT2D eigenvalue weighted by Crippen LogP contribution is -2.44. The minimum absolute atomic E-state index is 0.199. The molecule has 4 N–H and O–H groups in total. The summed E-state index contributed by atoms with van der Waals surface area (Å²) in [5, 5.41) is 28.8. The van der Waals surface area contributed by atoms with Gasteiger partial charge in [-0.3, -0.25) is 9.59 Å². The van der Waals surface area contributed by atoms with E-state index in [1.807, 2.05) is 0 Å². The summed E-state index contributed by atoms with van der Waals surface area (Å²) in [4.78, 5) is 33.0. The molecule has 2 atom stereocenters. The monoisotopic (exact) mass is 335 g/mol. The molecule has 0 heterocycles. The fourth-order valence-electron chi connectivity index (χ4n) is 1.63. The number of hydrogen-bond acceptors (Lipinski definition) is 4. The standard InChI is InChI=1S/C13H12F3NO6/c14-13(15,16)7-3-1-6(2-4-7)10(20)11(21)17-8(12(22)23)5-9(18)19/h1-4,8,10,20H,5H2,(H,17,21)(H,18,19)(H,22,23)/t8-,10+/m0/s1. The van der Waals surface area contributed by atoms with Crippen LogP contribution in [0.15, 0.2) is 24.3 Å². The number of nitrogens with one attached hydrogen (secondary N) is 1. The summed E-state index contributed by atoms with van der Waals surface area (Å²) in [5.74, 6) is -4.35. The number of carbonyl (C=O) groups excluding carboxylic acids is 1. The summed E-state index contributed by atoms with van der Waals surface area (Å²) < 4.78 is 37.2. The smallest absolute Gasteiger partial charge is 0.416 e. The number of aliphatic carboxylic acids is 2. The van der Waals surface area contributed by atoms with Crippen LogP contribution in [0.1, 0.15) is 23.7 Å². The van der Waals surface area contributed by atoms with Gasteiger partial charge in [-0.25, -0.2) is 4.79 Å². The first kappa shape index (κ1) is 18.4. The van der Waals surface area contributed by atoms with Crippen LogP contribution in [-0.2, 0) is 20.6 Å². The molecule has 1 amide bonds. The van der Waals surface area contributed by atoms with Crippen molar-refractivity contribution in [3.8, 4) is 0 Å². The van der Waals surface area contributed by atoms with Crippen LogP contribution >= 0.6 is 0 Å². The van der Waals surface area contributed by atoms with E-state index in [2.05, 4.69) is 0 Å². The van der Waals surface area contributed by atoms with Crippen molar-refractivity contribution in [2.75, 3.05) is 0 Å². The fourth-order valence-corrected chi connectivity index (χ4v) is 1.63. The maximum Gasteiger partial charge on any atom is 0.416 e. The second kappa shape index (κ2) is 7.09. The van der Waals surface area contributed by atoms with Gasteiger partial charge in [0, 0.05) is 0 Å². The van der Waals surface area contributed by atoms with Crippen LogP contribution in [0.4, 0.5) is 13.2 Å². The van der Waals surface area contributed by atoms with E-state index in [9.17, 15) is 32.7 Å². The fraction of sp³-hybridized carbons (Fsp3) is 0.308. The van der Waals surface area contributed by atoms with Gasteiger partial charge in [0.1, 0.15) is 6.04 Å². The molecule has 0 radical (unpaired) electrons. The SMILES string of the molecule is O=C(O)C[C@H](NC(=O)[C@H](O)c1ccc(C(F)(F)F)cc1)C(=O)O. The molecule has 0 saturated carbocycles. The van der Waals surface area contributed by atoms with Crippen molar-refractivity contribution in [2.45, 2.75) is 24.7 Å². The number of halogens is 3. The zero-order valence-electron chi connectivity index (χ0n) is 11.4. The summed E-state index contributed by atoms with van der Waals surface area (Å²) in [5.41, 5.74) is -1.18. The molecular weight excluding hydrogens is 323 g/mol. The van der Waals surface area contributed by atoms with Crippen molar-refractivity contribution >= 4 is 17.8 Å². The predicted octanol–water partition coefficient (Wildman–Crippen LogP) is 0.783. The van der Waals surface area contributed by atoms with Crippen LogP contribution in [0.3, 0.4) is 0 Å². The summed E-state index contributed by atoms with van der Waals surface area (Å²) in [6.07, 6.45) is -7.43. The summed E-state index contributed by atoms with van der Waals surface area (Å²) in [7, 11) is 0. The molecule has 0 saturated heterocycles. The Hall–Kier alpha value is -2.62. The van der Waals surface area contributed by atoms with Crippen molar-refractivity contribution in [3.63, 3.8) is 0 Å². The molecule has 0 fully saturated rings. The Kier molecular flexibility index (Phi) is 5.68. The van der Waals surface area contributed by atoms with Crippen molar-refractivity contribution < 1.29 is 42.9 Å². The van der Waals surface area contributed by atoms with E-state index in [1.165, 1.54) is 0 Å². The third-order valence-electron chi connectivity index (χ3n) is 2.80. The van der Waals surface area contributed by atoms with Crippen LogP contribution in [-0.4, -0.2) is 39.2 Å². The number of hydrogen-bond donors (Lipinski definition) is 4. The van der Waals surface area contributed by atoms with Crippen LogP contribution < -0.4 is 5.32 Å². The van der Waals surface area contributed by atoms with Crippen LogP contribution in [0.25, 0.3) is 0 Å². The molecule has 0 aliphatic rings. The Bertz CT molecular complexity index is 599. The summed E-state index contributed by atoms with van der Waals surface area (Å²) in [6.45, 7) is 0. The normalized spacial score (nSPS) is 13.9. The summed E-state index contributed by atoms with van der Waals surface area (Å²) >= 11 is 0. The number of alkyl halides is 3. The highest BCUT2D eigenvalue weighted by atomic mass is 19.4. The second-order valence-electron chi connectivity index (χ2n) is 4.52. The third kappa shape index (κ3) is 5.25. The number of carboxylic acid groups (broad SMARTS) is 2. The van der Waals surface area contributed by atoms with Crippen LogP contribution in [0.5, 0.6) is 0 Å². The van der Waals surface area contributed by atoms with Crippen LogP contribution in [0, 0.1) is 0 Å². The maximum absolute atomic E-state index is 12.4. The van der Waals surface area contributed by atoms with Gasteiger partial charge in [-0.1, -0.05) is 12.1 Å². The number of benzene rings is 1. The van der Waals surface area contributed by atoms with Crippen molar-refractivity contribution in [2.24, 2.45) is 0 Å². The van der Waals surface area contributed by atoms with Gasteiger partial charge < -0.3 is 20.6 Å². The minimum atomic E-state index is -4.58. The highest BCUT2D eigenvalue weighted by Gasteiger charge is 2.31. The topological polar surface area (TPSA) is 124 Å². The number of carbonyl (C=O) groups is 3. The van der Waals surface area contributed by atoms with E-state index in [1.54, 1.807) is 5.32 Å². The number of carboxylic acids is 2. The first-order chi connectivity index (χ1) is 10.5. The number of aliphatic hydroxyl groups excluding tert-OH is 1. The molecule has 0 aliphatic heterocycles. The highest BCUT2D eigenvalue weighted by molar-refractivity contribution is 5.89. The van der Waals surface area contributed by atoms with Crippen molar-refractivity contribution in [1.82, 2.24) is 5.32 Å². The zero-order valence-corrected chi connectivity index (χ0v) is 11.4. The molecule has 126 valence electrons. The minimum Gasteiger partial charge on any atom is -0.481 e. The molecule has 7 nitrogen and oxygen atoms in total. The average Bonchev–Trinajstić information content (AvgIpc) is 2.44. The zero-order chi connectivity index (χ0) is 17.8. The van der Waals surface area contributed by atoms with Gasteiger partial charge in [0.2, 0.25) is 0 Å². The van der Waals surface area contributed by atoms with E-state index in [4.69, 9.17) is 10.2 Å². The lowest BCUT2D eigenvalue weighted by molar-refractivity contribution is -0.148. The van der Waals surface area contributed by atoms with E-state index in [-0.39, 0.29) is 5.56 Å². The molecular formula is C13H12F3NO6. The van der Waals surface area contributed by atoms with E-state index in [0.717, 1.165) is 12.1 Å². The molecule has 1 rings (SSSR count). The quantitative estimate of drug-likeness (QED) is 0.609. The average molecular weight is 335 g/mol. The van der Waals surface area contributed by atoms with Gasteiger partial charge in [0.25, 0.3) is 5.91 Å². The van der Waals surface area contributed by atoms with Gasteiger partial charge in [-0.05, 0) is 17.7 Å². The molecule has 0 aliphatic carbocycles. The lowest BCUT2D eigenvalue weighted by Gasteiger charge is -2.16. The molecule has 1 aromatic carbocycles. The van der Waals surface area contributed by atoms with E-state index in [0.29, 0.717) is 12.1 Å². The molecule has 0 aromatic heterocycles. The molecule has 1 aromatic rings. The number of aliphatic hydroxyl groups is 1. The van der Waals surface area contributed by atoms with Gasteiger partial charge in [-0.2, -0.15) is 13.2 Å². The van der Waals surface area contributed by atoms with E-state index >= 15 is 0 Å². The predicted molar refractivity (Wildman–Crippen MR) is 68.2 cm³/mol. The number of amides is 1. The Morgan fingerprint density at radius 1 is 1.09 bits per heavy atom. The van der Waals surface area contributed by atoms with Crippen molar-refractivity contribution in [1.29, 1.82) is 0 Å². The number of rotatable bonds is 6. The van der Waals surface area contributed by atoms with Gasteiger partial charge in [0.05, 0.1) is 12.0 Å². The first-order valence-electron chi connectivity index (χ1n) is 6.12. The highest BCUT2D eigenvalue weighted by Crippen LogP contribution is 2.29. The van der Waals surface area contributed by atoms with Gasteiger partial charge >= 0.3 is 18.1 Å². The van der Waals surface area contributed by atoms with Gasteiger partial charge in [0.15, 0.2) is 6.10 Å². The second-order valence-corrected chi connectivity index (χ2v) is 4.52. The molecule has 0 bridgehead atoms. The third-order valence-corrected chi connectivity index (χ3v) is 2.80. The van der Waals surface area contributed by atoms with Gasteiger partial charge in [-0.15, -0.1) is 0 Å². The Morgan fingerprint density at radius 2 is 1.61 bits per heavy atom. The molecule has 0 unspecified atom stereocenters. The molecule has 23 heavy (non-hydrogen) atoms. The largest absolute Gasteiger partial charge is 0.481 e. The Morgan fingerprint density at radius 3 is 2.00 bits per heavy atom. The molecule has 0 spiro atoms. The van der Waals surface area contributed by atoms with Crippen molar-refractivity contribution in [3.05, 3.63) is 35.4 Å². The van der Waals surface area contributed by atoms with Crippen LogP contribution in [0.2, 0.25) is 0 Å². The maximum atomic E-state index is 12.4. The Balaban J connectivity index is 2.83. The molecule has 10 heteroatoms. The Labute approximate surface area is 127 Å². The first-order valence-corrected chi connectivity index (χ1v) is 6.12.